The van der Waals surface area contributed by atoms with Crippen molar-refractivity contribution in [3.8, 4) is 0 Å². The molecule has 0 saturated carbocycles. The summed E-state index contributed by atoms with van der Waals surface area (Å²) < 4.78 is 24.7. The maximum atomic E-state index is 12.3. The average Bonchev–Trinajstić information content (AvgIpc) is 2.33. The van der Waals surface area contributed by atoms with Gasteiger partial charge >= 0.3 is 12.0 Å². The van der Waals surface area contributed by atoms with E-state index in [9.17, 15) is 18.4 Å². The van der Waals surface area contributed by atoms with Crippen LogP contribution in [0, 0.1) is 11.8 Å². The van der Waals surface area contributed by atoms with Crippen molar-refractivity contribution < 1.29 is 28.6 Å². The second-order valence-corrected chi connectivity index (χ2v) is 5.34. The second-order valence-electron chi connectivity index (χ2n) is 5.34. The highest BCUT2D eigenvalue weighted by Crippen LogP contribution is 2.15. The first-order valence-electron chi connectivity index (χ1n) is 6.89. The van der Waals surface area contributed by atoms with E-state index in [1.807, 2.05) is 13.8 Å². The fraction of sp³-hybridized carbons (Fsp3) is 0.846. The summed E-state index contributed by atoms with van der Waals surface area (Å²) in [4.78, 5) is 23.3. The van der Waals surface area contributed by atoms with Gasteiger partial charge in [0.25, 0.3) is 6.43 Å². The SMILES string of the molecule is CC(C)CC(CNC(=O)N(CCO)CC(F)F)CC(=O)O. The van der Waals surface area contributed by atoms with Crippen LogP contribution in [-0.4, -0.2) is 59.8 Å². The Bertz CT molecular complexity index is 327. The zero-order valence-electron chi connectivity index (χ0n) is 12.4. The van der Waals surface area contributed by atoms with Crippen molar-refractivity contribution in [2.24, 2.45) is 11.8 Å². The first-order chi connectivity index (χ1) is 9.76. The van der Waals surface area contributed by atoms with Crippen LogP contribution in [-0.2, 0) is 4.79 Å². The van der Waals surface area contributed by atoms with Crippen molar-refractivity contribution in [1.29, 1.82) is 0 Å². The lowest BCUT2D eigenvalue weighted by molar-refractivity contribution is -0.138. The van der Waals surface area contributed by atoms with Gasteiger partial charge in [-0.05, 0) is 18.3 Å². The molecule has 0 saturated heterocycles. The van der Waals surface area contributed by atoms with Crippen LogP contribution in [0.15, 0.2) is 0 Å². The highest BCUT2D eigenvalue weighted by Gasteiger charge is 2.20. The van der Waals surface area contributed by atoms with E-state index in [4.69, 9.17) is 10.2 Å². The fourth-order valence-electron chi connectivity index (χ4n) is 2.06. The third-order valence-corrected chi connectivity index (χ3v) is 2.83. The number of hydrogen-bond donors (Lipinski definition) is 3. The molecule has 0 rings (SSSR count). The first-order valence-corrected chi connectivity index (χ1v) is 6.89. The highest BCUT2D eigenvalue weighted by molar-refractivity contribution is 5.74. The molecule has 3 N–H and O–H groups in total. The molecule has 0 aromatic rings. The molecule has 0 aromatic carbocycles. The Kier molecular flexibility index (Phi) is 9.60. The van der Waals surface area contributed by atoms with Crippen molar-refractivity contribution >= 4 is 12.0 Å². The lowest BCUT2D eigenvalue weighted by Gasteiger charge is -2.24. The van der Waals surface area contributed by atoms with Crippen LogP contribution in [0.5, 0.6) is 0 Å². The topological polar surface area (TPSA) is 89.9 Å². The van der Waals surface area contributed by atoms with Crippen LogP contribution in [0.1, 0.15) is 26.7 Å². The number of aliphatic hydroxyl groups is 1. The Hall–Kier alpha value is -1.44. The average molecular weight is 310 g/mol. The minimum Gasteiger partial charge on any atom is -0.481 e. The van der Waals surface area contributed by atoms with E-state index in [0.717, 1.165) is 4.90 Å². The van der Waals surface area contributed by atoms with Gasteiger partial charge in [0.05, 0.1) is 13.2 Å². The Morgan fingerprint density at radius 2 is 1.90 bits per heavy atom. The van der Waals surface area contributed by atoms with Crippen molar-refractivity contribution in [3.63, 3.8) is 0 Å². The van der Waals surface area contributed by atoms with Gasteiger partial charge in [0, 0.05) is 19.5 Å². The van der Waals surface area contributed by atoms with Crippen molar-refractivity contribution in [2.75, 3.05) is 26.2 Å². The standard InChI is InChI=1S/C13H24F2N2O4/c1-9(2)5-10(6-12(19)20)7-16-13(21)17(3-4-18)8-11(14)15/h9-11,18H,3-8H2,1-2H3,(H,16,21)(H,19,20). The number of nitrogens with one attached hydrogen (secondary N) is 1. The number of carboxylic acids is 1. The van der Waals surface area contributed by atoms with E-state index >= 15 is 0 Å². The van der Waals surface area contributed by atoms with E-state index in [-0.39, 0.29) is 31.3 Å². The van der Waals surface area contributed by atoms with E-state index in [1.54, 1.807) is 0 Å². The highest BCUT2D eigenvalue weighted by atomic mass is 19.3. The van der Waals surface area contributed by atoms with Crippen LogP contribution in [0.3, 0.4) is 0 Å². The van der Waals surface area contributed by atoms with Crippen molar-refractivity contribution in [2.45, 2.75) is 33.1 Å². The van der Waals surface area contributed by atoms with Gasteiger partial charge in [0.15, 0.2) is 0 Å². The van der Waals surface area contributed by atoms with Gasteiger partial charge in [0.1, 0.15) is 0 Å². The molecule has 21 heavy (non-hydrogen) atoms. The summed E-state index contributed by atoms with van der Waals surface area (Å²) in [5, 5.41) is 20.1. The number of carbonyl (C=O) groups is 2. The zero-order valence-corrected chi connectivity index (χ0v) is 12.4. The Morgan fingerprint density at radius 3 is 2.33 bits per heavy atom. The number of aliphatic carboxylic acids is 1. The number of rotatable bonds is 10. The third-order valence-electron chi connectivity index (χ3n) is 2.83. The van der Waals surface area contributed by atoms with Crippen molar-refractivity contribution in [1.82, 2.24) is 10.2 Å². The number of alkyl halides is 2. The summed E-state index contributed by atoms with van der Waals surface area (Å²) in [5.41, 5.74) is 0. The Morgan fingerprint density at radius 1 is 1.29 bits per heavy atom. The first kappa shape index (κ1) is 19.6. The summed E-state index contributed by atoms with van der Waals surface area (Å²) in [5.74, 6) is -0.954. The molecular weight excluding hydrogens is 286 g/mol. The molecule has 0 radical (unpaired) electrons. The molecule has 124 valence electrons. The lowest BCUT2D eigenvalue weighted by Crippen LogP contribution is -2.45. The molecule has 0 spiro atoms. The molecule has 0 heterocycles. The maximum absolute atomic E-state index is 12.3. The molecule has 0 fully saturated rings. The Balaban J connectivity index is 4.45. The monoisotopic (exact) mass is 310 g/mol. The summed E-state index contributed by atoms with van der Waals surface area (Å²) in [6.45, 7) is 2.61. The number of carboxylic acid groups (broad SMARTS) is 1. The maximum Gasteiger partial charge on any atom is 0.317 e. The number of amides is 2. The summed E-state index contributed by atoms with van der Waals surface area (Å²) in [6.07, 6.45) is -2.16. The summed E-state index contributed by atoms with van der Waals surface area (Å²) >= 11 is 0. The van der Waals surface area contributed by atoms with E-state index in [2.05, 4.69) is 5.32 Å². The molecule has 2 amide bonds. The molecule has 8 heteroatoms. The number of hydrogen-bond acceptors (Lipinski definition) is 3. The predicted molar refractivity (Wildman–Crippen MR) is 73.3 cm³/mol. The van der Waals surface area contributed by atoms with Gasteiger partial charge in [0.2, 0.25) is 0 Å². The van der Waals surface area contributed by atoms with Gasteiger partial charge in [-0.1, -0.05) is 13.8 Å². The van der Waals surface area contributed by atoms with E-state index in [0.29, 0.717) is 6.42 Å². The predicted octanol–water partition coefficient (Wildman–Crippen LogP) is 1.39. The molecule has 0 aliphatic heterocycles. The van der Waals surface area contributed by atoms with E-state index in [1.165, 1.54) is 0 Å². The quantitative estimate of drug-likeness (QED) is 0.569. The minimum absolute atomic E-state index is 0.0900. The van der Waals surface area contributed by atoms with Gasteiger partial charge in [-0.2, -0.15) is 0 Å². The van der Waals surface area contributed by atoms with Crippen LogP contribution in [0.4, 0.5) is 13.6 Å². The minimum atomic E-state index is -2.69. The van der Waals surface area contributed by atoms with Crippen LogP contribution in [0.2, 0.25) is 0 Å². The van der Waals surface area contributed by atoms with Crippen LogP contribution >= 0.6 is 0 Å². The zero-order chi connectivity index (χ0) is 16.4. The second kappa shape index (κ2) is 10.3. The lowest BCUT2D eigenvalue weighted by atomic mass is 9.94. The Labute approximate surface area is 123 Å². The van der Waals surface area contributed by atoms with Gasteiger partial charge in [-0.3, -0.25) is 4.79 Å². The molecule has 0 aromatic heterocycles. The van der Waals surface area contributed by atoms with Crippen LogP contribution < -0.4 is 5.32 Å². The van der Waals surface area contributed by atoms with Crippen molar-refractivity contribution in [3.05, 3.63) is 0 Å². The number of aliphatic hydroxyl groups excluding tert-OH is 1. The molecule has 0 aliphatic carbocycles. The van der Waals surface area contributed by atoms with Gasteiger partial charge in [-0.15, -0.1) is 0 Å². The largest absolute Gasteiger partial charge is 0.481 e. The van der Waals surface area contributed by atoms with Crippen LogP contribution in [0.25, 0.3) is 0 Å². The number of urea groups is 1. The van der Waals surface area contributed by atoms with Gasteiger partial charge < -0.3 is 20.4 Å². The molecule has 0 bridgehead atoms. The number of halogens is 2. The molecule has 0 aliphatic rings. The number of nitrogens with zero attached hydrogens (tertiary/aromatic N) is 1. The smallest absolute Gasteiger partial charge is 0.317 e. The normalized spacial score (nSPS) is 12.5. The van der Waals surface area contributed by atoms with E-state index < -0.39 is 31.6 Å². The molecule has 6 nitrogen and oxygen atoms in total. The molecular formula is C13H24F2N2O4. The number of carbonyl (C=O) groups excluding carboxylic acids is 1. The third kappa shape index (κ3) is 10.0. The molecule has 1 unspecified atom stereocenters. The van der Waals surface area contributed by atoms with Gasteiger partial charge in [-0.25, -0.2) is 13.6 Å². The molecule has 1 atom stereocenters. The fourth-order valence-corrected chi connectivity index (χ4v) is 2.06. The summed E-state index contributed by atoms with van der Waals surface area (Å²) in [6, 6.07) is -0.719. The summed E-state index contributed by atoms with van der Waals surface area (Å²) in [7, 11) is 0.